The van der Waals surface area contributed by atoms with Gasteiger partial charge in [-0.15, -0.1) is 0 Å². The highest BCUT2D eigenvalue weighted by Gasteiger charge is 2.20. The second kappa shape index (κ2) is 7.90. The van der Waals surface area contributed by atoms with E-state index in [4.69, 9.17) is 0 Å². The number of amides is 2. The van der Waals surface area contributed by atoms with Crippen LogP contribution in [0.5, 0.6) is 0 Å². The van der Waals surface area contributed by atoms with Crippen LogP contribution in [0.4, 0.5) is 5.69 Å². The first-order chi connectivity index (χ1) is 13.6. The van der Waals surface area contributed by atoms with E-state index in [-0.39, 0.29) is 11.8 Å². The summed E-state index contributed by atoms with van der Waals surface area (Å²) in [5.41, 5.74) is 4.15. The molecule has 0 saturated heterocycles. The zero-order valence-corrected chi connectivity index (χ0v) is 16.3. The molecule has 140 valence electrons. The summed E-state index contributed by atoms with van der Waals surface area (Å²) in [5, 5.41) is 5.88. The van der Waals surface area contributed by atoms with Crippen LogP contribution >= 0.6 is 11.8 Å². The predicted molar refractivity (Wildman–Crippen MR) is 112 cm³/mol. The Bertz CT molecular complexity index is 1060. The number of anilines is 1. The van der Waals surface area contributed by atoms with E-state index in [1.807, 2.05) is 42.5 Å². The fourth-order valence-corrected chi connectivity index (χ4v) is 4.16. The molecule has 0 aliphatic carbocycles. The molecule has 4 nitrogen and oxygen atoms in total. The highest BCUT2D eigenvalue weighted by atomic mass is 32.2. The lowest BCUT2D eigenvalue weighted by atomic mass is 10.1. The average molecular weight is 388 g/mol. The fraction of sp³-hybridized carbons (Fsp3) is 0.130. The molecule has 1 aliphatic heterocycles. The number of carbonyl (C=O) groups is 2. The minimum Gasteiger partial charge on any atom is -0.348 e. The topological polar surface area (TPSA) is 58.2 Å². The van der Waals surface area contributed by atoms with Crippen LogP contribution in [0.3, 0.4) is 0 Å². The predicted octanol–water partition coefficient (Wildman–Crippen LogP) is 4.90. The van der Waals surface area contributed by atoms with Crippen molar-refractivity contribution in [1.29, 1.82) is 0 Å². The van der Waals surface area contributed by atoms with Crippen molar-refractivity contribution in [3.05, 3.63) is 89.0 Å². The smallest absolute Gasteiger partial charge is 0.256 e. The standard InChI is InChI=1S/C23H20N2O2S/c1-2-15-6-5-7-16(12-15)14-24-22(26)17-10-11-21-19(13-17)25-23(27)18-8-3-4-9-20(18)28-21/h3-13H,2,14H2,1H3,(H,24,26)(H,25,27). The summed E-state index contributed by atoms with van der Waals surface area (Å²) in [4.78, 5) is 26.9. The van der Waals surface area contributed by atoms with E-state index < -0.39 is 0 Å². The first kappa shape index (κ1) is 18.3. The number of rotatable bonds is 4. The Morgan fingerprint density at radius 1 is 0.964 bits per heavy atom. The van der Waals surface area contributed by atoms with Crippen molar-refractivity contribution in [1.82, 2.24) is 5.32 Å². The van der Waals surface area contributed by atoms with Gasteiger partial charge < -0.3 is 10.6 Å². The first-order valence-corrected chi connectivity index (χ1v) is 10.0. The number of aryl methyl sites for hydroxylation is 1. The summed E-state index contributed by atoms with van der Waals surface area (Å²) in [7, 11) is 0. The van der Waals surface area contributed by atoms with Gasteiger partial charge in [0.05, 0.1) is 11.3 Å². The summed E-state index contributed by atoms with van der Waals surface area (Å²) >= 11 is 1.53. The first-order valence-electron chi connectivity index (χ1n) is 9.22. The van der Waals surface area contributed by atoms with Gasteiger partial charge in [0.25, 0.3) is 11.8 Å². The Labute approximate surface area is 168 Å². The molecule has 0 fully saturated rings. The monoisotopic (exact) mass is 388 g/mol. The molecule has 2 amide bonds. The van der Waals surface area contributed by atoms with Crippen LogP contribution < -0.4 is 10.6 Å². The third-order valence-corrected chi connectivity index (χ3v) is 5.85. The van der Waals surface area contributed by atoms with E-state index in [0.29, 0.717) is 23.4 Å². The van der Waals surface area contributed by atoms with Crippen molar-refractivity contribution >= 4 is 29.3 Å². The number of nitrogens with one attached hydrogen (secondary N) is 2. The van der Waals surface area contributed by atoms with Crippen LogP contribution in [-0.4, -0.2) is 11.8 Å². The van der Waals surface area contributed by atoms with Crippen LogP contribution in [0.2, 0.25) is 0 Å². The van der Waals surface area contributed by atoms with Crippen molar-refractivity contribution in [3.8, 4) is 0 Å². The van der Waals surface area contributed by atoms with Crippen LogP contribution in [0, 0.1) is 0 Å². The van der Waals surface area contributed by atoms with Crippen LogP contribution in [0.15, 0.2) is 76.5 Å². The van der Waals surface area contributed by atoms with Gasteiger partial charge in [-0.05, 0) is 47.9 Å². The molecule has 3 aromatic rings. The van der Waals surface area contributed by atoms with E-state index >= 15 is 0 Å². The molecule has 28 heavy (non-hydrogen) atoms. The van der Waals surface area contributed by atoms with Crippen molar-refractivity contribution in [2.75, 3.05) is 5.32 Å². The normalized spacial score (nSPS) is 12.4. The molecule has 0 radical (unpaired) electrons. The molecule has 0 spiro atoms. The SMILES string of the molecule is CCc1cccc(CNC(=O)c2ccc3c(c2)NC(=O)c2ccccc2S3)c1. The molecule has 4 rings (SSSR count). The van der Waals surface area contributed by atoms with Gasteiger partial charge in [0.1, 0.15) is 0 Å². The highest BCUT2D eigenvalue weighted by Crippen LogP contribution is 2.38. The van der Waals surface area contributed by atoms with Crippen molar-refractivity contribution < 1.29 is 9.59 Å². The van der Waals surface area contributed by atoms with Gasteiger partial charge in [-0.1, -0.05) is 55.1 Å². The Morgan fingerprint density at radius 3 is 2.64 bits per heavy atom. The Balaban J connectivity index is 1.52. The number of hydrogen-bond acceptors (Lipinski definition) is 3. The van der Waals surface area contributed by atoms with Gasteiger partial charge in [-0.3, -0.25) is 9.59 Å². The second-order valence-electron chi connectivity index (χ2n) is 6.62. The van der Waals surface area contributed by atoms with Crippen molar-refractivity contribution in [3.63, 3.8) is 0 Å². The van der Waals surface area contributed by atoms with E-state index in [1.54, 1.807) is 12.1 Å². The maximum absolute atomic E-state index is 12.6. The molecule has 1 aliphatic rings. The van der Waals surface area contributed by atoms with Crippen molar-refractivity contribution in [2.45, 2.75) is 29.7 Å². The minimum atomic E-state index is -0.161. The number of benzene rings is 3. The number of carbonyl (C=O) groups excluding carboxylic acids is 2. The molecular formula is C23H20N2O2S. The van der Waals surface area contributed by atoms with Gasteiger partial charge >= 0.3 is 0 Å². The second-order valence-corrected chi connectivity index (χ2v) is 7.70. The lowest BCUT2D eigenvalue weighted by molar-refractivity contribution is 0.0949. The summed E-state index contributed by atoms with van der Waals surface area (Å²) < 4.78 is 0. The van der Waals surface area contributed by atoms with Gasteiger partial charge in [0.2, 0.25) is 0 Å². The number of hydrogen-bond donors (Lipinski definition) is 2. The maximum Gasteiger partial charge on any atom is 0.256 e. The molecule has 5 heteroatoms. The third-order valence-electron chi connectivity index (χ3n) is 4.69. The molecule has 0 atom stereocenters. The number of fused-ring (bicyclic) bond motifs is 2. The molecule has 1 heterocycles. The van der Waals surface area contributed by atoms with E-state index in [2.05, 4.69) is 29.7 Å². The Morgan fingerprint density at radius 2 is 1.79 bits per heavy atom. The summed E-state index contributed by atoms with van der Waals surface area (Å²) in [6, 6.07) is 21.1. The lowest BCUT2D eigenvalue weighted by Crippen LogP contribution is -2.23. The molecule has 2 N–H and O–H groups in total. The van der Waals surface area contributed by atoms with Gasteiger partial charge in [0, 0.05) is 21.9 Å². The molecule has 0 aromatic heterocycles. The molecule has 0 unspecified atom stereocenters. The molecular weight excluding hydrogens is 368 g/mol. The van der Waals surface area contributed by atoms with Crippen molar-refractivity contribution in [2.24, 2.45) is 0 Å². The van der Waals surface area contributed by atoms with E-state index in [1.165, 1.54) is 17.3 Å². The third kappa shape index (κ3) is 3.80. The van der Waals surface area contributed by atoms with Gasteiger partial charge in [0.15, 0.2) is 0 Å². The Hall–Kier alpha value is -3.05. The maximum atomic E-state index is 12.6. The quantitative estimate of drug-likeness (QED) is 0.669. The molecule has 0 bridgehead atoms. The average Bonchev–Trinajstić information content (AvgIpc) is 2.87. The zero-order chi connectivity index (χ0) is 19.5. The largest absolute Gasteiger partial charge is 0.348 e. The van der Waals surface area contributed by atoms with Crippen LogP contribution in [0.1, 0.15) is 38.8 Å². The summed E-state index contributed by atoms with van der Waals surface area (Å²) in [5.74, 6) is -0.318. The molecule has 3 aromatic carbocycles. The molecule has 0 saturated carbocycles. The fourth-order valence-electron chi connectivity index (χ4n) is 3.15. The van der Waals surface area contributed by atoms with Crippen LogP contribution in [-0.2, 0) is 13.0 Å². The summed E-state index contributed by atoms with van der Waals surface area (Å²) in [6.45, 7) is 2.58. The van der Waals surface area contributed by atoms with Gasteiger partial charge in [-0.25, -0.2) is 0 Å². The summed E-state index contributed by atoms with van der Waals surface area (Å²) in [6.07, 6.45) is 0.965. The Kier molecular flexibility index (Phi) is 5.17. The van der Waals surface area contributed by atoms with E-state index in [0.717, 1.165) is 21.8 Å². The van der Waals surface area contributed by atoms with Gasteiger partial charge in [-0.2, -0.15) is 0 Å². The van der Waals surface area contributed by atoms with E-state index in [9.17, 15) is 9.59 Å². The minimum absolute atomic E-state index is 0.157. The zero-order valence-electron chi connectivity index (χ0n) is 15.5. The lowest BCUT2D eigenvalue weighted by Gasteiger charge is -2.10. The highest BCUT2D eigenvalue weighted by molar-refractivity contribution is 7.99. The van der Waals surface area contributed by atoms with Crippen LogP contribution in [0.25, 0.3) is 0 Å².